The maximum Gasteiger partial charge on any atom is 0.252 e. The highest BCUT2D eigenvalue weighted by Crippen LogP contribution is 2.39. The molecule has 1 atom stereocenters. The van der Waals surface area contributed by atoms with Gasteiger partial charge in [0, 0.05) is 42.5 Å². The standard InChI is InChI=1S/C27H26ClN5O3S/c1-35-20-5-4-16(13-19(20)28)14-30-25-23-18-8-11-33(27(34)21-3-2-12-36-21)15-22(18)37-26(23)32-24(31-25)17-6-9-29-10-7-17/h4-7,9-10,13,21H,2-3,8,11-12,14-15H2,1H3,(H,30,31,32). The Kier molecular flexibility index (Phi) is 6.67. The van der Waals surface area contributed by atoms with Crippen LogP contribution >= 0.6 is 22.9 Å². The van der Waals surface area contributed by atoms with Crippen LogP contribution in [-0.4, -0.2) is 52.1 Å². The molecule has 5 heterocycles. The number of nitrogens with one attached hydrogen (secondary N) is 1. The van der Waals surface area contributed by atoms with Crippen LogP contribution in [-0.2, 0) is 29.0 Å². The van der Waals surface area contributed by atoms with Gasteiger partial charge in [-0.2, -0.15) is 0 Å². The van der Waals surface area contributed by atoms with E-state index in [0.717, 1.165) is 51.3 Å². The number of methoxy groups -OCH3 is 1. The zero-order valence-electron chi connectivity index (χ0n) is 20.4. The number of fused-ring (bicyclic) bond motifs is 3. The fraction of sp³-hybridized carbons (Fsp3) is 0.333. The van der Waals surface area contributed by atoms with Gasteiger partial charge >= 0.3 is 0 Å². The Morgan fingerprint density at radius 1 is 1.27 bits per heavy atom. The molecule has 0 spiro atoms. The molecule has 37 heavy (non-hydrogen) atoms. The van der Waals surface area contributed by atoms with Crippen molar-refractivity contribution in [1.82, 2.24) is 19.9 Å². The van der Waals surface area contributed by atoms with Gasteiger partial charge in [0.05, 0.1) is 24.1 Å². The first-order valence-corrected chi connectivity index (χ1v) is 13.5. The molecule has 4 aromatic rings. The zero-order valence-corrected chi connectivity index (χ0v) is 21.9. The molecule has 190 valence electrons. The molecular formula is C27H26ClN5O3S. The van der Waals surface area contributed by atoms with E-state index in [1.54, 1.807) is 30.8 Å². The van der Waals surface area contributed by atoms with Crippen molar-refractivity contribution in [3.63, 3.8) is 0 Å². The van der Waals surface area contributed by atoms with Crippen molar-refractivity contribution in [2.45, 2.75) is 38.5 Å². The molecule has 8 nitrogen and oxygen atoms in total. The van der Waals surface area contributed by atoms with Crippen molar-refractivity contribution in [1.29, 1.82) is 0 Å². The average Bonchev–Trinajstić information content (AvgIpc) is 3.60. The van der Waals surface area contributed by atoms with E-state index in [0.29, 0.717) is 42.8 Å². The van der Waals surface area contributed by atoms with Crippen molar-refractivity contribution >= 4 is 44.9 Å². The van der Waals surface area contributed by atoms with Crippen LogP contribution in [0.15, 0.2) is 42.7 Å². The molecule has 2 aliphatic heterocycles. The summed E-state index contributed by atoms with van der Waals surface area (Å²) in [6, 6.07) is 9.56. The van der Waals surface area contributed by atoms with E-state index in [1.165, 1.54) is 5.56 Å². The van der Waals surface area contributed by atoms with Gasteiger partial charge in [0.15, 0.2) is 5.82 Å². The highest BCUT2D eigenvalue weighted by molar-refractivity contribution is 7.19. The number of nitrogens with zero attached hydrogens (tertiary/aromatic N) is 4. The third kappa shape index (κ3) is 4.74. The maximum atomic E-state index is 13.0. The largest absolute Gasteiger partial charge is 0.495 e. The summed E-state index contributed by atoms with van der Waals surface area (Å²) in [5, 5.41) is 5.13. The quantitative estimate of drug-likeness (QED) is 0.368. The van der Waals surface area contributed by atoms with Gasteiger partial charge in [0.1, 0.15) is 22.5 Å². The van der Waals surface area contributed by atoms with Gasteiger partial charge in [-0.05, 0) is 54.7 Å². The van der Waals surface area contributed by atoms with E-state index in [1.807, 2.05) is 35.2 Å². The summed E-state index contributed by atoms with van der Waals surface area (Å²) in [6.45, 7) is 2.45. The Balaban J connectivity index is 1.35. The smallest absolute Gasteiger partial charge is 0.252 e. The number of aromatic nitrogens is 3. The SMILES string of the molecule is COc1ccc(CNc2nc(-c3ccncc3)nc3sc4c(c23)CCN(C(=O)C2CCCO2)C4)cc1Cl. The van der Waals surface area contributed by atoms with Gasteiger partial charge in [-0.15, -0.1) is 11.3 Å². The molecule has 2 aliphatic rings. The third-order valence-electron chi connectivity index (χ3n) is 6.83. The molecule has 1 aromatic carbocycles. The van der Waals surface area contributed by atoms with Crippen molar-refractivity contribution in [2.75, 3.05) is 25.6 Å². The predicted octanol–water partition coefficient (Wildman–Crippen LogP) is 5.09. The van der Waals surface area contributed by atoms with E-state index in [9.17, 15) is 4.79 Å². The number of hydrogen-bond donors (Lipinski definition) is 1. The van der Waals surface area contributed by atoms with Gasteiger partial charge in [0.2, 0.25) is 0 Å². The predicted molar refractivity (Wildman–Crippen MR) is 144 cm³/mol. The minimum Gasteiger partial charge on any atom is -0.495 e. The van der Waals surface area contributed by atoms with E-state index < -0.39 is 0 Å². The lowest BCUT2D eigenvalue weighted by molar-refractivity contribution is -0.141. The number of hydrogen-bond acceptors (Lipinski definition) is 8. The van der Waals surface area contributed by atoms with Crippen LogP contribution in [0.5, 0.6) is 5.75 Å². The fourth-order valence-corrected chi connectivity index (χ4v) is 6.44. The first kappa shape index (κ1) is 24.1. The lowest BCUT2D eigenvalue weighted by atomic mass is 10.0. The van der Waals surface area contributed by atoms with Crippen molar-refractivity contribution in [3.05, 3.63) is 63.8 Å². The van der Waals surface area contributed by atoms with Gasteiger partial charge in [-0.3, -0.25) is 9.78 Å². The van der Waals surface area contributed by atoms with Gasteiger partial charge < -0.3 is 19.7 Å². The van der Waals surface area contributed by atoms with Crippen molar-refractivity contribution < 1.29 is 14.3 Å². The van der Waals surface area contributed by atoms with E-state index in [-0.39, 0.29) is 12.0 Å². The minimum atomic E-state index is -0.303. The van der Waals surface area contributed by atoms with Gasteiger partial charge in [0.25, 0.3) is 5.91 Å². The van der Waals surface area contributed by atoms with Crippen LogP contribution in [0.25, 0.3) is 21.6 Å². The summed E-state index contributed by atoms with van der Waals surface area (Å²) < 4.78 is 10.9. The molecule has 1 amide bonds. The summed E-state index contributed by atoms with van der Waals surface area (Å²) in [4.78, 5) is 31.0. The number of rotatable bonds is 6. The van der Waals surface area contributed by atoms with Crippen LogP contribution in [0.4, 0.5) is 5.82 Å². The highest BCUT2D eigenvalue weighted by atomic mass is 35.5. The first-order chi connectivity index (χ1) is 18.1. The maximum absolute atomic E-state index is 13.0. The Morgan fingerprint density at radius 2 is 2.14 bits per heavy atom. The fourth-order valence-electron chi connectivity index (χ4n) is 4.92. The van der Waals surface area contributed by atoms with E-state index >= 15 is 0 Å². The lowest BCUT2D eigenvalue weighted by Crippen LogP contribution is -2.41. The Hall–Kier alpha value is -3.27. The Morgan fingerprint density at radius 3 is 2.89 bits per heavy atom. The number of pyridine rings is 1. The lowest BCUT2D eigenvalue weighted by Gasteiger charge is -2.29. The number of carbonyl (C=O) groups excluding carboxylic acids is 1. The molecule has 10 heteroatoms. The number of benzene rings is 1. The summed E-state index contributed by atoms with van der Waals surface area (Å²) in [6.07, 6.45) is 5.68. The van der Waals surface area contributed by atoms with Crippen LogP contribution < -0.4 is 10.1 Å². The molecule has 1 fully saturated rings. The number of amides is 1. The molecule has 1 unspecified atom stereocenters. The molecule has 0 aliphatic carbocycles. The first-order valence-electron chi connectivity index (χ1n) is 12.3. The number of ether oxygens (including phenoxy) is 2. The second-order valence-electron chi connectivity index (χ2n) is 9.15. The number of carbonyl (C=O) groups is 1. The van der Waals surface area contributed by atoms with E-state index in [2.05, 4.69) is 10.3 Å². The molecule has 6 rings (SSSR count). The van der Waals surface area contributed by atoms with E-state index in [4.69, 9.17) is 31.0 Å². The van der Waals surface area contributed by atoms with Crippen LogP contribution in [0, 0.1) is 0 Å². The summed E-state index contributed by atoms with van der Waals surface area (Å²) in [5.74, 6) is 2.15. The zero-order chi connectivity index (χ0) is 25.4. The third-order valence-corrected chi connectivity index (χ3v) is 8.24. The topological polar surface area (TPSA) is 89.5 Å². The summed E-state index contributed by atoms with van der Waals surface area (Å²) in [5.41, 5.74) is 3.13. The molecule has 1 saturated heterocycles. The molecule has 1 N–H and O–H groups in total. The Bertz CT molecular complexity index is 1460. The number of thiophene rings is 1. The van der Waals surface area contributed by atoms with Crippen LogP contribution in [0.1, 0.15) is 28.8 Å². The summed E-state index contributed by atoms with van der Waals surface area (Å²) >= 11 is 7.99. The average molecular weight is 536 g/mol. The molecule has 0 bridgehead atoms. The van der Waals surface area contributed by atoms with Gasteiger partial charge in [-0.1, -0.05) is 17.7 Å². The monoisotopic (exact) mass is 535 g/mol. The normalized spacial score (nSPS) is 17.1. The number of halogens is 1. The molecule has 0 saturated carbocycles. The molecular weight excluding hydrogens is 510 g/mol. The molecule has 3 aromatic heterocycles. The van der Waals surface area contributed by atoms with Gasteiger partial charge in [-0.25, -0.2) is 9.97 Å². The number of anilines is 1. The van der Waals surface area contributed by atoms with Crippen LogP contribution in [0.2, 0.25) is 5.02 Å². The molecule has 0 radical (unpaired) electrons. The van der Waals surface area contributed by atoms with Crippen molar-refractivity contribution in [2.24, 2.45) is 0 Å². The summed E-state index contributed by atoms with van der Waals surface area (Å²) in [7, 11) is 1.60. The second-order valence-corrected chi connectivity index (χ2v) is 10.6. The minimum absolute atomic E-state index is 0.0962. The highest BCUT2D eigenvalue weighted by Gasteiger charge is 2.32. The Labute approximate surface area is 223 Å². The van der Waals surface area contributed by atoms with Crippen LogP contribution in [0.3, 0.4) is 0 Å². The van der Waals surface area contributed by atoms with Crippen molar-refractivity contribution in [3.8, 4) is 17.1 Å². The second kappa shape index (κ2) is 10.2.